The third kappa shape index (κ3) is 2.46. The van der Waals surface area contributed by atoms with Crippen LogP contribution in [0, 0.1) is 0 Å². The molecule has 0 amide bonds. The van der Waals surface area contributed by atoms with E-state index < -0.39 is 17.7 Å². The summed E-state index contributed by atoms with van der Waals surface area (Å²) in [7, 11) is 1.22. The van der Waals surface area contributed by atoms with Gasteiger partial charge in [0.25, 0.3) is 0 Å². The lowest BCUT2D eigenvalue weighted by Crippen LogP contribution is -2.62. The Morgan fingerprint density at radius 1 is 1.67 bits per heavy atom. The van der Waals surface area contributed by atoms with Crippen LogP contribution in [0.1, 0.15) is 26.7 Å². The molecule has 1 heterocycles. The van der Waals surface area contributed by atoms with Crippen molar-refractivity contribution in [2.24, 2.45) is 0 Å². The molecule has 0 aromatic heterocycles. The molecule has 15 heavy (non-hydrogen) atoms. The molecule has 1 saturated heterocycles. The van der Waals surface area contributed by atoms with Crippen molar-refractivity contribution in [1.82, 2.24) is 10.6 Å². The maximum Gasteiger partial charge on any atom is 0.345 e. The Bertz CT molecular complexity index is 237. The number of halogens is 1. The molecule has 3 atom stereocenters. The van der Waals surface area contributed by atoms with Crippen LogP contribution in [-0.4, -0.2) is 37.5 Å². The van der Waals surface area contributed by atoms with Gasteiger partial charge in [0.05, 0.1) is 19.3 Å². The number of ether oxygens (including phenoxy) is 1. The predicted octanol–water partition coefficient (Wildman–Crippen LogP) is 0.575. The lowest BCUT2D eigenvalue weighted by Gasteiger charge is -2.37. The first kappa shape index (κ1) is 12.4. The molecule has 1 rings (SSSR count). The van der Waals surface area contributed by atoms with Crippen molar-refractivity contribution in [1.29, 1.82) is 0 Å². The van der Waals surface area contributed by atoms with Gasteiger partial charge in [-0.3, -0.25) is 5.32 Å². The van der Waals surface area contributed by atoms with Crippen LogP contribution in [0.5, 0.6) is 0 Å². The van der Waals surface area contributed by atoms with E-state index in [1.165, 1.54) is 7.11 Å². The minimum absolute atomic E-state index is 0.0232. The largest absolute Gasteiger partial charge is 0.467 e. The van der Waals surface area contributed by atoms with Gasteiger partial charge in [-0.05, 0) is 26.3 Å². The van der Waals surface area contributed by atoms with Gasteiger partial charge in [0, 0.05) is 0 Å². The Hall–Kier alpha value is -0.680. The summed E-state index contributed by atoms with van der Waals surface area (Å²) in [6, 6.07) is -0.466. The zero-order valence-corrected chi connectivity index (χ0v) is 9.47. The smallest absolute Gasteiger partial charge is 0.345 e. The quantitative estimate of drug-likeness (QED) is 0.680. The molecular formula is C10H19FN2O2. The van der Waals surface area contributed by atoms with Crippen LogP contribution in [-0.2, 0) is 9.53 Å². The fourth-order valence-electron chi connectivity index (χ4n) is 1.95. The zero-order chi connectivity index (χ0) is 11.5. The van der Waals surface area contributed by atoms with Gasteiger partial charge >= 0.3 is 5.97 Å². The van der Waals surface area contributed by atoms with Crippen LogP contribution in [0.3, 0.4) is 0 Å². The second-order valence-corrected chi connectivity index (χ2v) is 3.89. The lowest BCUT2D eigenvalue weighted by atomic mass is 9.89. The van der Waals surface area contributed by atoms with Gasteiger partial charge < -0.3 is 10.1 Å². The summed E-state index contributed by atoms with van der Waals surface area (Å²) in [6.07, 6.45) is 0.739. The molecule has 0 aromatic carbocycles. The second kappa shape index (κ2) is 4.90. The number of hydrogen-bond acceptors (Lipinski definition) is 4. The van der Waals surface area contributed by atoms with Crippen molar-refractivity contribution >= 4 is 5.97 Å². The van der Waals surface area contributed by atoms with Gasteiger partial charge in [-0.2, -0.15) is 0 Å². The van der Waals surface area contributed by atoms with Crippen molar-refractivity contribution in [2.75, 3.05) is 13.7 Å². The fraction of sp³-hybridized carbons (Fsp3) is 0.900. The molecule has 0 aliphatic carbocycles. The summed E-state index contributed by atoms with van der Waals surface area (Å²) in [5, 5.41) is 6.17. The molecule has 4 nitrogen and oxygen atoms in total. The normalized spacial score (nSPS) is 30.7. The molecule has 0 aromatic rings. The van der Waals surface area contributed by atoms with E-state index in [1.807, 2.05) is 6.92 Å². The average molecular weight is 218 g/mol. The highest BCUT2D eigenvalue weighted by atomic mass is 19.1. The lowest BCUT2D eigenvalue weighted by molar-refractivity contribution is -0.158. The van der Waals surface area contributed by atoms with Crippen molar-refractivity contribution in [2.45, 2.75) is 44.6 Å². The van der Waals surface area contributed by atoms with E-state index in [0.717, 1.165) is 0 Å². The standard InChI is InChI=1S/C10H19FN2O2/c1-4-10(11,9(14)15-3)8-5-6-12-7(2)13-8/h7-8,12-13H,4-6H2,1-3H3. The molecule has 1 aliphatic heterocycles. The van der Waals surface area contributed by atoms with E-state index in [-0.39, 0.29) is 12.6 Å². The second-order valence-electron chi connectivity index (χ2n) is 3.89. The van der Waals surface area contributed by atoms with Crippen LogP contribution in [0.2, 0.25) is 0 Å². The minimum atomic E-state index is -1.91. The van der Waals surface area contributed by atoms with Crippen molar-refractivity contribution in [3.05, 3.63) is 0 Å². The molecule has 88 valence electrons. The number of carbonyl (C=O) groups excluding carboxylic acids is 1. The first-order valence-electron chi connectivity index (χ1n) is 5.31. The number of carbonyl (C=O) groups is 1. The predicted molar refractivity (Wildman–Crippen MR) is 55.2 cm³/mol. The SMILES string of the molecule is CCC(F)(C(=O)OC)C1CCNC(C)N1. The molecule has 1 aliphatic rings. The molecule has 5 heteroatoms. The highest BCUT2D eigenvalue weighted by Gasteiger charge is 2.47. The van der Waals surface area contributed by atoms with Gasteiger partial charge in [0.2, 0.25) is 5.67 Å². The number of nitrogens with one attached hydrogen (secondary N) is 2. The van der Waals surface area contributed by atoms with Crippen LogP contribution in [0.15, 0.2) is 0 Å². The number of esters is 1. The van der Waals surface area contributed by atoms with E-state index in [4.69, 9.17) is 0 Å². The van der Waals surface area contributed by atoms with Crippen LogP contribution in [0.4, 0.5) is 4.39 Å². The number of hydrogen-bond donors (Lipinski definition) is 2. The molecule has 0 bridgehead atoms. The highest BCUT2D eigenvalue weighted by Crippen LogP contribution is 2.26. The van der Waals surface area contributed by atoms with E-state index in [0.29, 0.717) is 13.0 Å². The summed E-state index contributed by atoms with van der Waals surface area (Å²) in [6.45, 7) is 4.27. The van der Waals surface area contributed by atoms with E-state index >= 15 is 0 Å². The Balaban J connectivity index is 2.75. The van der Waals surface area contributed by atoms with E-state index in [1.54, 1.807) is 6.92 Å². The third-order valence-electron chi connectivity index (χ3n) is 2.93. The van der Waals surface area contributed by atoms with Gasteiger partial charge in [0.15, 0.2) is 0 Å². The first-order valence-corrected chi connectivity index (χ1v) is 5.31. The molecule has 2 N–H and O–H groups in total. The van der Waals surface area contributed by atoms with E-state index in [2.05, 4.69) is 15.4 Å². The molecule has 0 saturated carbocycles. The number of methoxy groups -OCH3 is 1. The molecule has 0 radical (unpaired) electrons. The first-order chi connectivity index (χ1) is 7.04. The summed E-state index contributed by atoms with van der Waals surface area (Å²) in [5.74, 6) is -0.781. The van der Waals surface area contributed by atoms with Crippen LogP contribution < -0.4 is 10.6 Å². The van der Waals surface area contributed by atoms with Crippen LogP contribution in [0.25, 0.3) is 0 Å². The molecule has 3 unspecified atom stereocenters. The van der Waals surface area contributed by atoms with Crippen LogP contribution >= 0.6 is 0 Å². The molecule has 0 spiro atoms. The Labute approximate surface area is 89.6 Å². The monoisotopic (exact) mass is 218 g/mol. The fourth-order valence-corrected chi connectivity index (χ4v) is 1.95. The summed E-state index contributed by atoms with van der Waals surface area (Å²) in [5.41, 5.74) is -1.91. The molecule has 1 fully saturated rings. The Morgan fingerprint density at radius 2 is 2.33 bits per heavy atom. The molecular weight excluding hydrogens is 199 g/mol. The maximum atomic E-state index is 14.4. The summed E-state index contributed by atoms with van der Waals surface area (Å²) < 4.78 is 18.9. The van der Waals surface area contributed by atoms with Crippen molar-refractivity contribution < 1.29 is 13.9 Å². The van der Waals surface area contributed by atoms with E-state index in [9.17, 15) is 9.18 Å². The average Bonchev–Trinajstić information content (AvgIpc) is 2.26. The number of rotatable bonds is 3. The zero-order valence-electron chi connectivity index (χ0n) is 9.47. The van der Waals surface area contributed by atoms with Gasteiger partial charge in [-0.15, -0.1) is 0 Å². The topological polar surface area (TPSA) is 50.4 Å². The van der Waals surface area contributed by atoms with Gasteiger partial charge in [0.1, 0.15) is 0 Å². The Kier molecular flexibility index (Phi) is 4.04. The van der Waals surface area contributed by atoms with Crippen molar-refractivity contribution in [3.63, 3.8) is 0 Å². The third-order valence-corrected chi connectivity index (χ3v) is 2.93. The maximum absolute atomic E-state index is 14.4. The Morgan fingerprint density at radius 3 is 2.80 bits per heavy atom. The number of alkyl halides is 1. The summed E-state index contributed by atoms with van der Waals surface area (Å²) >= 11 is 0. The summed E-state index contributed by atoms with van der Waals surface area (Å²) in [4.78, 5) is 11.4. The highest BCUT2D eigenvalue weighted by molar-refractivity contribution is 5.80. The minimum Gasteiger partial charge on any atom is -0.467 e. The van der Waals surface area contributed by atoms with Gasteiger partial charge in [-0.25, -0.2) is 9.18 Å². The van der Waals surface area contributed by atoms with Crippen molar-refractivity contribution in [3.8, 4) is 0 Å². The van der Waals surface area contributed by atoms with Gasteiger partial charge in [-0.1, -0.05) is 6.92 Å².